The summed E-state index contributed by atoms with van der Waals surface area (Å²) in [4.78, 5) is 11.2. The minimum absolute atomic E-state index is 0.0282. The summed E-state index contributed by atoms with van der Waals surface area (Å²) in [6.45, 7) is 6.31. The molecule has 1 aromatic rings. The third-order valence-electron chi connectivity index (χ3n) is 2.72. The number of aliphatic hydroxyl groups is 1. The van der Waals surface area contributed by atoms with Gasteiger partial charge in [0.25, 0.3) is 5.91 Å². The van der Waals surface area contributed by atoms with Crippen LogP contribution in [0, 0.1) is 0 Å². The Kier molecular flexibility index (Phi) is 2.08. The molecule has 15 heavy (non-hydrogen) atoms. The molecule has 0 saturated heterocycles. The number of hydrogen-bond donors (Lipinski definition) is 2. The van der Waals surface area contributed by atoms with Crippen LogP contribution in [-0.4, -0.2) is 11.0 Å². The Morgan fingerprint density at radius 3 is 2.60 bits per heavy atom. The monoisotopic (exact) mass is 205 g/mol. The maximum absolute atomic E-state index is 11.2. The first-order chi connectivity index (χ1) is 6.89. The van der Waals surface area contributed by atoms with Crippen LogP contribution in [0.25, 0.3) is 0 Å². The van der Waals surface area contributed by atoms with E-state index in [4.69, 9.17) is 0 Å². The third kappa shape index (κ3) is 1.63. The Labute approximate surface area is 89.1 Å². The van der Waals surface area contributed by atoms with Gasteiger partial charge in [0.2, 0.25) is 0 Å². The van der Waals surface area contributed by atoms with Gasteiger partial charge in [-0.05, 0) is 17.0 Å². The van der Waals surface area contributed by atoms with E-state index in [9.17, 15) is 9.90 Å². The lowest BCUT2D eigenvalue weighted by Crippen LogP contribution is -2.12. The molecule has 1 atom stereocenters. The van der Waals surface area contributed by atoms with E-state index in [0.717, 1.165) is 11.3 Å². The van der Waals surface area contributed by atoms with Crippen LogP contribution in [0.2, 0.25) is 0 Å². The third-order valence-corrected chi connectivity index (χ3v) is 2.72. The Balaban J connectivity index is 2.49. The maximum atomic E-state index is 11.2. The summed E-state index contributed by atoms with van der Waals surface area (Å²) < 4.78 is 0. The van der Waals surface area contributed by atoms with Gasteiger partial charge in [-0.2, -0.15) is 0 Å². The predicted octanol–water partition coefficient (Wildman–Crippen LogP) is 1.97. The van der Waals surface area contributed by atoms with Gasteiger partial charge < -0.3 is 10.4 Å². The molecule has 1 aliphatic heterocycles. The lowest BCUT2D eigenvalue weighted by Gasteiger charge is -2.19. The highest BCUT2D eigenvalue weighted by Gasteiger charge is 2.29. The number of amides is 1. The van der Waals surface area contributed by atoms with E-state index < -0.39 is 6.10 Å². The second-order valence-corrected chi connectivity index (χ2v) is 4.94. The van der Waals surface area contributed by atoms with Crippen LogP contribution in [0.1, 0.15) is 38.0 Å². The van der Waals surface area contributed by atoms with Gasteiger partial charge in [0.05, 0.1) is 0 Å². The highest BCUT2D eigenvalue weighted by molar-refractivity contribution is 6.01. The number of hydrogen-bond acceptors (Lipinski definition) is 2. The zero-order chi connectivity index (χ0) is 11.2. The number of fused-ring (bicyclic) bond motifs is 1. The molecule has 0 fully saturated rings. The summed E-state index contributed by atoms with van der Waals surface area (Å²) in [5.41, 5.74) is 2.56. The van der Waals surface area contributed by atoms with Crippen molar-refractivity contribution in [3.05, 3.63) is 29.3 Å². The number of rotatable bonds is 0. The van der Waals surface area contributed by atoms with Gasteiger partial charge in [-0.25, -0.2) is 0 Å². The Bertz CT molecular complexity index is 418. The van der Waals surface area contributed by atoms with Crippen molar-refractivity contribution < 1.29 is 9.90 Å². The molecule has 1 unspecified atom stereocenters. The Morgan fingerprint density at radius 2 is 2.00 bits per heavy atom. The van der Waals surface area contributed by atoms with Crippen molar-refractivity contribution >= 4 is 11.6 Å². The standard InChI is InChI=1S/C12H15NO2/c1-12(2,3)7-4-5-9-8(6-7)10(14)11(15)13-9/h4-6,10,14H,1-3H3,(H,13,15). The number of aliphatic hydroxyl groups excluding tert-OH is 1. The quantitative estimate of drug-likeness (QED) is 0.680. The van der Waals surface area contributed by atoms with Crippen LogP contribution < -0.4 is 5.32 Å². The second kappa shape index (κ2) is 3.07. The molecule has 0 spiro atoms. The molecule has 3 nitrogen and oxygen atoms in total. The summed E-state index contributed by atoms with van der Waals surface area (Å²) in [7, 11) is 0. The molecule has 1 amide bonds. The predicted molar refractivity (Wildman–Crippen MR) is 58.7 cm³/mol. The Morgan fingerprint density at radius 1 is 1.33 bits per heavy atom. The van der Waals surface area contributed by atoms with Crippen LogP contribution in [0.4, 0.5) is 5.69 Å². The van der Waals surface area contributed by atoms with Gasteiger partial charge in [-0.1, -0.05) is 32.9 Å². The first-order valence-corrected chi connectivity index (χ1v) is 5.03. The second-order valence-electron chi connectivity index (χ2n) is 4.94. The fourth-order valence-electron chi connectivity index (χ4n) is 1.71. The van der Waals surface area contributed by atoms with Crippen molar-refractivity contribution in [3.63, 3.8) is 0 Å². The molecule has 1 aromatic carbocycles. The summed E-state index contributed by atoms with van der Waals surface area (Å²) in [6.07, 6.45) is -1.01. The van der Waals surface area contributed by atoms with Crippen molar-refractivity contribution in [1.29, 1.82) is 0 Å². The fraction of sp³-hybridized carbons (Fsp3) is 0.417. The number of nitrogens with one attached hydrogen (secondary N) is 1. The van der Waals surface area contributed by atoms with Crippen LogP contribution in [0.3, 0.4) is 0 Å². The average molecular weight is 205 g/mol. The molecular formula is C12H15NO2. The van der Waals surface area contributed by atoms with E-state index in [-0.39, 0.29) is 11.3 Å². The molecule has 2 rings (SSSR count). The van der Waals surface area contributed by atoms with E-state index in [1.807, 2.05) is 18.2 Å². The smallest absolute Gasteiger partial charge is 0.257 e. The van der Waals surface area contributed by atoms with Crippen LogP contribution in [0.15, 0.2) is 18.2 Å². The van der Waals surface area contributed by atoms with Crippen LogP contribution in [-0.2, 0) is 10.2 Å². The molecule has 0 radical (unpaired) electrons. The number of carbonyl (C=O) groups excluding carboxylic acids is 1. The summed E-state index contributed by atoms with van der Waals surface area (Å²) >= 11 is 0. The van der Waals surface area contributed by atoms with E-state index >= 15 is 0 Å². The van der Waals surface area contributed by atoms with Crippen molar-refractivity contribution in [2.24, 2.45) is 0 Å². The van der Waals surface area contributed by atoms with E-state index in [1.54, 1.807) is 0 Å². The van der Waals surface area contributed by atoms with Crippen molar-refractivity contribution in [1.82, 2.24) is 0 Å². The SMILES string of the molecule is CC(C)(C)c1ccc2c(c1)C(O)C(=O)N2. The molecule has 0 bridgehead atoms. The normalized spacial score (nSPS) is 20.0. The van der Waals surface area contributed by atoms with Gasteiger partial charge in [0.15, 0.2) is 6.10 Å². The number of anilines is 1. The first-order valence-electron chi connectivity index (χ1n) is 5.03. The van der Waals surface area contributed by atoms with Gasteiger partial charge in [-0.3, -0.25) is 4.79 Å². The lowest BCUT2D eigenvalue weighted by atomic mass is 9.85. The topological polar surface area (TPSA) is 49.3 Å². The molecule has 1 heterocycles. The highest BCUT2D eigenvalue weighted by Crippen LogP contribution is 2.34. The summed E-state index contributed by atoms with van der Waals surface area (Å²) in [5.74, 6) is -0.337. The molecule has 3 heteroatoms. The highest BCUT2D eigenvalue weighted by atomic mass is 16.3. The fourth-order valence-corrected chi connectivity index (χ4v) is 1.71. The zero-order valence-electron chi connectivity index (χ0n) is 9.16. The van der Waals surface area contributed by atoms with Crippen molar-refractivity contribution in [3.8, 4) is 0 Å². The Hall–Kier alpha value is -1.35. The van der Waals surface area contributed by atoms with Gasteiger partial charge in [0.1, 0.15) is 0 Å². The molecule has 1 aliphatic rings. The first kappa shape index (κ1) is 10.2. The van der Waals surface area contributed by atoms with E-state index in [0.29, 0.717) is 5.56 Å². The average Bonchev–Trinajstić information content (AvgIpc) is 2.41. The van der Waals surface area contributed by atoms with Crippen LogP contribution >= 0.6 is 0 Å². The number of benzene rings is 1. The van der Waals surface area contributed by atoms with Crippen molar-refractivity contribution in [2.75, 3.05) is 5.32 Å². The molecular weight excluding hydrogens is 190 g/mol. The van der Waals surface area contributed by atoms with Gasteiger partial charge in [-0.15, -0.1) is 0 Å². The minimum atomic E-state index is -1.01. The van der Waals surface area contributed by atoms with Crippen molar-refractivity contribution in [2.45, 2.75) is 32.3 Å². The largest absolute Gasteiger partial charge is 0.378 e. The molecule has 0 aliphatic carbocycles. The van der Waals surface area contributed by atoms with Gasteiger partial charge >= 0.3 is 0 Å². The molecule has 0 saturated carbocycles. The molecule has 2 N–H and O–H groups in total. The lowest BCUT2D eigenvalue weighted by molar-refractivity contribution is -0.123. The zero-order valence-corrected chi connectivity index (χ0v) is 9.16. The van der Waals surface area contributed by atoms with E-state index in [2.05, 4.69) is 26.1 Å². The molecule has 80 valence electrons. The molecule has 0 aromatic heterocycles. The number of carbonyl (C=O) groups is 1. The van der Waals surface area contributed by atoms with E-state index in [1.165, 1.54) is 0 Å². The summed E-state index contributed by atoms with van der Waals surface area (Å²) in [6, 6.07) is 5.74. The van der Waals surface area contributed by atoms with Gasteiger partial charge in [0, 0.05) is 11.3 Å². The minimum Gasteiger partial charge on any atom is -0.378 e. The van der Waals surface area contributed by atoms with Crippen LogP contribution in [0.5, 0.6) is 0 Å². The maximum Gasteiger partial charge on any atom is 0.257 e. The summed E-state index contributed by atoms with van der Waals surface area (Å²) in [5, 5.41) is 12.3.